The van der Waals surface area contributed by atoms with E-state index >= 15 is 0 Å². The van der Waals surface area contributed by atoms with E-state index in [0.29, 0.717) is 23.8 Å². The van der Waals surface area contributed by atoms with E-state index < -0.39 is 5.76 Å². The summed E-state index contributed by atoms with van der Waals surface area (Å²) in [5.74, 6) is -0.285. The first kappa shape index (κ1) is 13.4. The molecule has 1 aromatic heterocycles. The Kier molecular flexibility index (Phi) is 4.35. The van der Waals surface area contributed by atoms with Crippen LogP contribution >= 0.6 is 11.6 Å². The van der Waals surface area contributed by atoms with E-state index in [1.807, 2.05) is 0 Å². The van der Waals surface area contributed by atoms with Gasteiger partial charge in [0.05, 0.1) is 6.42 Å². The first-order valence-corrected chi connectivity index (χ1v) is 6.07. The third-order valence-corrected chi connectivity index (χ3v) is 2.70. The van der Waals surface area contributed by atoms with Gasteiger partial charge in [0.25, 0.3) is 0 Å². The molecule has 6 nitrogen and oxygen atoms in total. The fourth-order valence-electron chi connectivity index (χ4n) is 1.54. The number of hydrogen-bond donors (Lipinski definition) is 2. The van der Waals surface area contributed by atoms with Crippen molar-refractivity contribution in [3.63, 3.8) is 0 Å². The van der Waals surface area contributed by atoms with E-state index in [2.05, 4.69) is 20.0 Å². The molecule has 0 saturated carbocycles. The number of carbonyl (C=O) groups excluding carboxylic acids is 1. The Morgan fingerprint density at radius 3 is 2.74 bits per heavy atom. The van der Waals surface area contributed by atoms with Crippen LogP contribution in [-0.4, -0.2) is 22.6 Å². The number of H-pyrrole nitrogens is 1. The zero-order chi connectivity index (χ0) is 13.7. The van der Waals surface area contributed by atoms with E-state index in [1.54, 1.807) is 24.3 Å². The largest absolute Gasteiger partial charge is 0.438 e. The van der Waals surface area contributed by atoms with Crippen LogP contribution in [0.3, 0.4) is 0 Å². The molecule has 0 atom stereocenters. The van der Waals surface area contributed by atoms with Crippen molar-refractivity contribution in [1.29, 1.82) is 0 Å². The number of carbonyl (C=O) groups is 1. The van der Waals surface area contributed by atoms with E-state index in [9.17, 15) is 9.59 Å². The Bertz CT molecular complexity index is 603. The monoisotopic (exact) mass is 281 g/mol. The maximum Gasteiger partial charge on any atom is 0.438 e. The normalized spacial score (nSPS) is 10.4. The molecule has 2 aromatic rings. The predicted octanol–water partition coefficient (Wildman–Crippen LogP) is 0.918. The summed E-state index contributed by atoms with van der Waals surface area (Å²) in [5, 5.41) is 6.86. The molecule has 0 fully saturated rings. The Balaban J connectivity index is 1.75. The minimum absolute atomic E-state index is 0.104. The summed E-state index contributed by atoms with van der Waals surface area (Å²) in [6.45, 7) is 0.384. The van der Waals surface area contributed by atoms with Gasteiger partial charge < -0.3 is 5.32 Å². The van der Waals surface area contributed by atoms with Crippen molar-refractivity contribution in [2.45, 2.75) is 12.8 Å². The zero-order valence-electron chi connectivity index (χ0n) is 9.98. The predicted molar refractivity (Wildman–Crippen MR) is 69.0 cm³/mol. The number of rotatable bonds is 5. The van der Waals surface area contributed by atoms with Crippen molar-refractivity contribution in [2.24, 2.45) is 0 Å². The van der Waals surface area contributed by atoms with Gasteiger partial charge in [-0.3, -0.25) is 14.3 Å². The van der Waals surface area contributed by atoms with Crippen molar-refractivity contribution < 1.29 is 9.32 Å². The highest BCUT2D eigenvalue weighted by Crippen LogP contribution is 2.09. The van der Waals surface area contributed by atoms with Gasteiger partial charge in [0, 0.05) is 18.0 Å². The van der Waals surface area contributed by atoms with Crippen LogP contribution in [0.15, 0.2) is 33.6 Å². The number of aromatic amines is 1. The molecule has 0 aliphatic rings. The third kappa shape index (κ3) is 4.26. The molecule has 2 N–H and O–H groups in total. The van der Waals surface area contributed by atoms with Gasteiger partial charge in [-0.1, -0.05) is 28.9 Å². The van der Waals surface area contributed by atoms with Crippen molar-refractivity contribution >= 4 is 17.5 Å². The molecular formula is C12H12ClN3O3. The van der Waals surface area contributed by atoms with Crippen LogP contribution in [0.4, 0.5) is 0 Å². The molecule has 0 unspecified atom stereocenters. The van der Waals surface area contributed by atoms with Crippen molar-refractivity contribution in [3.05, 3.63) is 51.2 Å². The highest BCUT2D eigenvalue weighted by Gasteiger charge is 2.04. The first-order valence-electron chi connectivity index (χ1n) is 5.69. The lowest BCUT2D eigenvalue weighted by Crippen LogP contribution is -2.27. The maximum absolute atomic E-state index is 11.6. The Morgan fingerprint density at radius 1 is 1.37 bits per heavy atom. The molecule has 1 heterocycles. The van der Waals surface area contributed by atoms with Gasteiger partial charge in [0.1, 0.15) is 0 Å². The summed E-state index contributed by atoms with van der Waals surface area (Å²) >= 11 is 5.76. The minimum Gasteiger partial charge on any atom is -0.355 e. The quantitative estimate of drug-likeness (QED) is 0.853. The van der Waals surface area contributed by atoms with Crippen LogP contribution in [0.25, 0.3) is 0 Å². The number of halogens is 1. The molecule has 1 amide bonds. The smallest absolute Gasteiger partial charge is 0.355 e. The number of aromatic nitrogens is 2. The fraction of sp³-hybridized carbons (Fsp3) is 0.250. The topological polar surface area (TPSA) is 88.0 Å². The number of nitrogens with zero attached hydrogens (tertiary/aromatic N) is 1. The second-order valence-electron chi connectivity index (χ2n) is 3.94. The molecule has 19 heavy (non-hydrogen) atoms. The summed E-state index contributed by atoms with van der Waals surface area (Å²) in [6, 6.07) is 7.09. The molecule has 2 rings (SSSR count). The average molecular weight is 282 g/mol. The SMILES string of the molecule is O=C(Cc1ccc(Cl)cc1)NCCc1noc(=O)[nH]1. The van der Waals surface area contributed by atoms with Crippen LogP contribution in [0.5, 0.6) is 0 Å². The number of amides is 1. The van der Waals surface area contributed by atoms with Gasteiger partial charge in [0.15, 0.2) is 5.82 Å². The van der Waals surface area contributed by atoms with Crippen LogP contribution in [0.2, 0.25) is 5.02 Å². The second-order valence-corrected chi connectivity index (χ2v) is 4.38. The van der Waals surface area contributed by atoms with Gasteiger partial charge in [-0.15, -0.1) is 0 Å². The van der Waals surface area contributed by atoms with Crippen LogP contribution < -0.4 is 11.1 Å². The van der Waals surface area contributed by atoms with Crippen LogP contribution in [0.1, 0.15) is 11.4 Å². The average Bonchev–Trinajstić information content (AvgIpc) is 2.78. The highest BCUT2D eigenvalue weighted by molar-refractivity contribution is 6.30. The maximum atomic E-state index is 11.6. The summed E-state index contributed by atoms with van der Waals surface area (Å²) < 4.78 is 4.34. The molecule has 0 aliphatic heterocycles. The molecular weight excluding hydrogens is 270 g/mol. The molecule has 0 bridgehead atoms. The standard InChI is InChI=1S/C12H12ClN3O3/c13-9-3-1-8(2-4-9)7-11(17)14-6-5-10-15-12(18)19-16-10/h1-4H,5-7H2,(H,14,17)(H,15,16,18). The van der Waals surface area contributed by atoms with Crippen molar-refractivity contribution in [2.75, 3.05) is 6.54 Å². The molecule has 7 heteroatoms. The van der Waals surface area contributed by atoms with Gasteiger partial charge in [-0.2, -0.15) is 0 Å². The summed E-state index contributed by atoms with van der Waals surface area (Å²) in [7, 11) is 0. The third-order valence-electron chi connectivity index (χ3n) is 2.45. The van der Waals surface area contributed by atoms with E-state index in [0.717, 1.165) is 5.56 Å². The molecule has 0 aliphatic carbocycles. The van der Waals surface area contributed by atoms with Gasteiger partial charge in [-0.05, 0) is 17.7 Å². The molecule has 1 aromatic carbocycles. The van der Waals surface area contributed by atoms with Gasteiger partial charge >= 0.3 is 5.76 Å². The Hall–Kier alpha value is -2.08. The minimum atomic E-state index is -0.595. The Labute approximate surface area is 113 Å². The zero-order valence-corrected chi connectivity index (χ0v) is 10.7. The Morgan fingerprint density at radius 2 is 2.11 bits per heavy atom. The van der Waals surface area contributed by atoms with E-state index in [4.69, 9.17) is 11.6 Å². The van der Waals surface area contributed by atoms with Crippen LogP contribution in [-0.2, 0) is 17.6 Å². The molecule has 0 radical (unpaired) electrons. The van der Waals surface area contributed by atoms with E-state index in [1.165, 1.54) is 0 Å². The fourth-order valence-corrected chi connectivity index (χ4v) is 1.66. The second kappa shape index (κ2) is 6.19. The van der Waals surface area contributed by atoms with Crippen molar-refractivity contribution in [3.8, 4) is 0 Å². The van der Waals surface area contributed by atoms with Crippen molar-refractivity contribution in [1.82, 2.24) is 15.5 Å². The molecule has 100 valence electrons. The van der Waals surface area contributed by atoms with Gasteiger partial charge in [0.2, 0.25) is 5.91 Å². The lowest BCUT2D eigenvalue weighted by molar-refractivity contribution is -0.120. The first-order chi connectivity index (χ1) is 9.13. The summed E-state index contributed by atoms with van der Waals surface area (Å²) in [5.41, 5.74) is 0.886. The summed E-state index contributed by atoms with van der Waals surface area (Å²) in [4.78, 5) is 24.7. The highest BCUT2D eigenvalue weighted by atomic mass is 35.5. The van der Waals surface area contributed by atoms with Crippen LogP contribution in [0, 0.1) is 0 Å². The van der Waals surface area contributed by atoms with E-state index in [-0.39, 0.29) is 12.3 Å². The number of hydrogen-bond acceptors (Lipinski definition) is 4. The number of benzene rings is 1. The lowest BCUT2D eigenvalue weighted by Gasteiger charge is -2.04. The molecule has 0 saturated heterocycles. The lowest BCUT2D eigenvalue weighted by atomic mass is 10.1. The number of nitrogens with one attached hydrogen (secondary N) is 2. The summed E-state index contributed by atoms with van der Waals surface area (Å²) in [6.07, 6.45) is 0.699. The molecule has 0 spiro atoms. The van der Waals surface area contributed by atoms with Gasteiger partial charge in [-0.25, -0.2) is 4.79 Å².